The van der Waals surface area contributed by atoms with Gasteiger partial charge in [0.1, 0.15) is 0 Å². The van der Waals surface area contributed by atoms with Gasteiger partial charge in [-0.15, -0.1) is 0 Å². The molecular formula is C15H29N3. The monoisotopic (exact) mass is 251 g/mol. The molecule has 0 fully saturated rings. The predicted octanol–water partition coefficient (Wildman–Crippen LogP) is 3.91. The van der Waals surface area contributed by atoms with Gasteiger partial charge in [-0.2, -0.15) is 5.10 Å². The second-order valence-electron chi connectivity index (χ2n) is 5.27. The molecule has 0 aliphatic rings. The van der Waals surface area contributed by atoms with Crippen molar-refractivity contribution in [1.82, 2.24) is 15.1 Å². The van der Waals surface area contributed by atoms with Gasteiger partial charge in [0.05, 0.1) is 6.20 Å². The van der Waals surface area contributed by atoms with Crippen molar-refractivity contribution < 1.29 is 0 Å². The zero-order valence-corrected chi connectivity index (χ0v) is 12.4. The Labute approximate surface area is 112 Å². The fraction of sp³-hybridized carbons (Fsp3) is 0.800. The maximum atomic E-state index is 4.33. The van der Waals surface area contributed by atoms with Crippen LogP contribution >= 0.6 is 0 Å². The summed E-state index contributed by atoms with van der Waals surface area (Å²) in [6, 6.07) is 0.980. The van der Waals surface area contributed by atoms with Crippen molar-refractivity contribution in [3.63, 3.8) is 0 Å². The number of aromatic nitrogens is 2. The van der Waals surface area contributed by atoms with Crippen molar-refractivity contribution in [2.24, 2.45) is 0 Å². The van der Waals surface area contributed by atoms with Crippen molar-refractivity contribution >= 4 is 0 Å². The zero-order valence-electron chi connectivity index (χ0n) is 12.4. The van der Waals surface area contributed by atoms with Gasteiger partial charge >= 0.3 is 0 Å². The summed E-state index contributed by atoms with van der Waals surface area (Å²) in [7, 11) is 0. The van der Waals surface area contributed by atoms with E-state index in [2.05, 4.69) is 44.3 Å². The highest BCUT2D eigenvalue weighted by Crippen LogP contribution is 2.14. The summed E-state index contributed by atoms with van der Waals surface area (Å²) in [6.07, 6.45) is 10.8. The standard InChI is InChI=1S/C15H29N3/c1-5-7-8-9-10-13(3)17-14(4)15-11-16-18(6-2)12-15/h11-14,17H,5-10H2,1-4H3. The lowest BCUT2D eigenvalue weighted by atomic mass is 10.1. The molecule has 0 saturated heterocycles. The second kappa shape index (κ2) is 8.30. The molecule has 1 heterocycles. The van der Waals surface area contributed by atoms with Crippen molar-refractivity contribution in [2.75, 3.05) is 0 Å². The van der Waals surface area contributed by atoms with Gasteiger partial charge in [-0.05, 0) is 27.2 Å². The molecule has 2 atom stereocenters. The number of hydrogen-bond donors (Lipinski definition) is 1. The van der Waals surface area contributed by atoms with E-state index >= 15 is 0 Å². The van der Waals surface area contributed by atoms with Gasteiger partial charge in [-0.3, -0.25) is 4.68 Å². The van der Waals surface area contributed by atoms with Gasteiger partial charge in [0.15, 0.2) is 0 Å². The van der Waals surface area contributed by atoms with Crippen LogP contribution in [0.3, 0.4) is 0 Å². The second-order valence-corrected chi connectivity index (χ2v) is 5.27. The Morgan fingerprint density at radius 3 is 2.61 bits per heavy atom. The van der Waals surface area contributed by atoms with Gasteiger partial charge in [-0.1, -0.05) is 32.6 Å². The molecule has 18 heavy (non-hydrogen) atoms. The van der Waals surface area contributed by atoms with Gasteiger partial charge in [0.25, 0.3) is 0 Å². The minimum absolute atomic E-state index is 0.395. The van der Waals surface area contributed by atoms with E-state index in [1.54, 1.807) is 0 Å². The van der Waals surface area contributed by atoms with Crippen LogP contribution in [0.2, 0.25) is 0 Å². The molecule has 0 saturated carbocycles. The van der Waals surface area contributed by atoms with Crippen LogP contribution in [0, 0.1) is 0 Å². The van der Waals surface area contributed by atoms with E-state index in [9.17, 15) is 0 Å². The van der Waals surface area contributed by atoms with E-state index in [1.807, 2.05) is 10.9 Å². The minimum Gasteiger partial charge on any atom is -0.308 e. The molecular weight excluding hydrogens is 222 g/mol. The third kappa shape index (κ3) is 5.21. The molecule has 1 N–H and O–H groups in total. The van der Waals surface area contributed by atoms with Crippen molar-refractivity contribution in [1.29, 1.82) is 0 Å². The normalized spacial score (nSPS) is 14.7. The van der Waals surface area contributed by atoms with Gasteiger partial charge in [0, 0.05) is 30.4 Å². The molecule has 1 rings (SSSR count). The Morgan fingerprint density at radius 2 is 2.00 bits per heavy atom. The summed E-state index contributed by atoms with van der Waals surface area (Å²) in [5.74, 6) is 0. The quantitative estimate of drug-likeness (QED) is 0.674. The van der Waals surface area contributed by atoms with E-state index in [1.165, 1.54) is 37.7 Å². The SMILES string of the molecule is CCCCCCC(C)NC(C)c1cnn(CC)c1. The summed E-state index contributed by atoms with van der Waals surface area (Å²) >= 11 is 0. The smallest absolute Gasteiger partial charge is 0.0537 e. The van der Waals surface area contributed by atoms with Crippen molar-refractivity contribution in [3.8, 4) is 0 Å². The first-order valence-electron chi connectivity index (χ1n) is 7.45. The summed E-state index contributed by atoms with van der Waals surface area (Å²) < 4.78 is 1.99. The number of aryl methyl sites for hydroxylation is 1. The molecule has 0 bridgehead atoms. The van der Waals surface area contributed by atoms with Crippen LogP contribution in [0.1, 0.15) is 71.4 Å². The highest BCUT2D eigenvalue weighted by atomic mass is 15.3. The zero-order chi connectivity index (χ0) is 13.4. The Morgan fingerprint density at radius 1 is 1.22 bits per heavy atom. The average Bonchev–Trinajstić information content (AvgIpc) is 2.83. The molecule has 0 amide bonds. The van der Waals surface area contributed by atoms with Crippen LogP contribution in [-0.2, 0) is 6.54 Å². The van der Waals surface area contributed by atoms with E-state index < -0.39 is 0 Å². The number of hydrogen-bond acceptors (Lipinski definition) is 2. The fourth-order valence-corrected chi connectivity index (χ4v) is 2.26. The maximum absolute atomic E-state index is 4.33. The van der Waals surface area contributed by atoms with Crippen LogP contribution < -0.4 is 5.32 Å². The third-order valence-electron chi connectivity index (χ3n) is 3.50. The molecule has 0 spiro atoms. The molecule has 0 aliphatic carbocycles. The third-order valence-corrected chi connectivity index (χ3v) is 3.50. The topological polar surface area (TPSA) is 29.9 Å². The molecule has 3 heteroatoms. The predicted molar refractivity (Wildman–Crippen MR) is 77.7 cm³/mol. The van der Waals surface area contributed by atoms with Crippen molar-refractivity contribution in [3.05, 3.63) is 18.0 Å². The largest absolute Gasteiger partial charge is 0.308 e. The van der Waals surface area contributed by atoms with Crippen LogP contribution in [0.5, 0.6) is 0 Å². The molecule has 0 radical (unpaired) electrons. The van der Waals surface area contributed by atoms with Gasteiger partial charge in [-0.25, -0.2) is 0 Å². The van der Waals surface area contributed by atoms with E-state index in [4.69, 9.17) is 0 Å². The van der Waals surface area contributed by atoms with Gasteiger partial charge in [0.2, 0.25) is 0 Å². The van der Waals surface area contributed by atoms with Crippen LogP contribution in [-0.4, -0.2) is 15.8 Å². The molecule has 1 aromatic heterocycles. The van der Waals surface area contributed by atoms with Crippen LogP contribution in [0.4, 0.5) is 0 Å². The molecule has 0 aliphatic heterocycles. The maximum Gasteiger partial charge on any atom is 0.0537 e. The summed E-state index contributed by atoms with van der Waals surface area (Å²) in [4.78, 5) is 0. The fourth-order valence-electron chi connectivity index (χ4n) is 2.26. The van der Waals surface area contributed by atoms with E-state index in [0.717, 1.165) is 6.54 Å². The minimum atomic E-state index is 0.395. The summed E-state index contributed by atoms with van der Waals surface area (Å²) in [6.45, 7) is 9.83. The number of nitrogens with one attached hydrogen (secondary N) is 1. The Hall–Kier alpha value is -0.830. The highest BCUT2D eigenvalue weighted by Gasteiger charge is 2.10. The average molecular weight is 251 g/mol. The Bertz CT molecular complexity index is 319. The molecule has 104 valence electrons. The summed E-state index contributed by atoms with van der Waals surface area (Å²) in [5, 5.41) is 7.98. The van der Waals surface area contributed by atoms with Crippen LogP contribution in [0.25, 0.3) is 0 Å². The molecule has 1 aromatic rings. The molecule has 3 nitrogen and oxygen atoms in total. The van der Waals surface area contributed by atoms with Crippen LogP contribution in [0.15, 0.2) is 12.4 Å². The lowest BCUT2D eigenvalue weighted by molar-refractivity contribution is 0.437. The molecule has 0 aromatic carbocycles. The van der Waals surface area contributed by atoms with E-state index in [0.29, 0.717) is 12.1 Å². The first-order valence-corrected chi connectivity index (χ1v) is 7.45. The molecule has 2 unspecified atom stereocenters. The Balaban J connectivity index is 2.28. The summed E-state index contributed by atoms with van der Waals surface area (Å²) in [5.41, 5.74) is 1.29. The Kier molecular flexibility index (Phi) is 7.02. The van der Waals surface area contributed by atoms with E-state index in [-0.39, 0.29) is 0 Å². The first kappa shape index (κ1) is 15.2. The number of rotatable bonds is 9. The highest BCUT2D eigenvalue weighted by molar-refractivity contribution is 5.09. The first-order chi connectivity index (χ1) is 8.67. The van der Waals surface area contributed by atoms with Gasteiger partial charge < -0.3 is 5.32 Å². The number of nitrogens with zero attached hydrogens (tertiary/aromatic N) is 2. The van der Waals surface area contributed by atoms with Crippen molar-refractivity contribution in [2.45, 2.75) is 78.4 Å². The number of unbranched alkanes of at least 4 members (excludes halogenated alkanes) is 3. The lowest BCUT2D eigenvalue weighted by Gasteiger charge is -2.19. The lowest BCUT2D eigenvalue weighted by Crippen LogP contribution is -2.28.